The van der Waals surface area contributed by atoms with Crippen LogP contribution in [0.2, 0.25) is 5.02 Å². The van der Waals surface area contributed by atoms with Crippen LogP contribution in [0.3, 0.4) is 0 Å². The van der Waals surface area contributed by atoms with E-state index in [9.17, 15) is 4.79 Å². The van der Waals surface area contributed by atoms with E-state index >= 15 is 0 Å². The van der Waals surface area contributed by atoms with E-state index in [1.54, 1.807) is 13.0 Å². The lowest BCUT2D eigenvalue weighted by molar-refractivity contribution is -0.138. The fourth-order valence-corrected chi connectivity index (χ4v) is 1.88. The van der Waals surface area contributed by atoms with E-state index in [1.165, 1.54) is 0 Å². The Bertz CT molecular complexity index is 435. The number of anilines is 1. The molecule has 1 aromatic carbocycles. The van der Waals surface area contributed by atoms with Gasteiger partial charge in [0.2, 0.25) is 0 Å². The average molecular weight is 319 g/mol. The van der Waals surface area contributed by atoms with Gasteiger partial charge >= 0.3 is 5.97 Å². The molecular formula is C12H13BrClNO2. The molecule has 1 aromatic rings. The summed E-state index contributed by atoms with van der Waals surface area (Å²) in [5.41, 5.74) is 1.12. The minimum absolute atomic E-state index is 0.306. The number of rotatable bonds is 5. The van der Waals surface area contributed by atoms with Crippen molar-refractivity contribution in [1.82, 2.24) is 0 Å². The SMILES string of the molecule is C=C(CNc1ccc(Br)cc1Cl)C(=O)OCC. The molecule has 92 valence electrons. The van der Waals surface area contributed by atoms with E-state index in [4.69, 9.17) is 16.3 Å². The summed E-state index contributed by atoms with van der Waals surface area (Å²) < 4.78 is 5.72. The maximum atomic E-state index is 11.3. The second-order valence-corrected chi connectivity index (χ2v) is 4.62. The van der Waals surface area contributed by atoms with Crippen molar-refractivity contribution in [2.75, 3.05) is 18.5 Å². The number of nitrogens with one attached hydrogen (secondary N) is 1. The molecule has 0 fully saturated rings. The summed E-state index contributed by atoms with van der Waals surface area (Å²) in [5.74, 6) is -0.395. The second-order valence-electron chi connectivity index (χ2n) is 3.30. The predicted molar refractivity (Wildman–Crippen MR) is 73.4 cm³/mol. The molecule has 0 saturated carbocycles. The predicted octanol–water partition coefficient (Wildman–Crippen LogP) is 3.63. The minimum Gasteiger partial charge on any atom is -0.463 e. The maximum absolute atomic E-state index is 11.3. The molecule has 0 aliphatic rings. The average Bonchev–Trinajstić information content (AvgIpc) is 2.27. The molecule has 0 aliphatic carbocycles. The zero-order valence-corrected chi connectivity index (χ0v) is 11.8. The molecule has 0 amide bonds. The van der Waals surface area contributed by atoms with Crippen LogP contribution < -0.4 is 5.32 Å². The summed E-state index contributed by atoms with van der Waals surface area (Å²) in [6.45, 7) is 6.05. The molecular weight excluding hydrogens is 305 g/mol. The van der Waals surface area contributed by atoms with Crippen LogP contribution in [-0.2, 0) is 9.53 Å². The Labute approximate surface area is 114 Å². The van der Waals surface area contributed by atoms with Gasteiger partial charge in [-0.2, -0.15) is 0 Å². The monoisotopic (exact) mass is 317 g/mol. The lowest BCUT2D eigenvalue weighted by atomic mass is 10.2. The molecule has 0 heterocycles. The first-order chi connectivity index (χ1) is 8.04. The molecule has 17 heavy (non-hydrogen) atoms. The van der Waals surface area contributed by atoms with Gasteiger partial charge in [0.05, 0.1) is 17.3 Å². The molecule has 0 radical (unpaired) electrons. The summed E-state index contributed by atoms with van der Waals surface area (Å²) >= 11 is 9.33. The molecule has 0 aromatic heterocycles. The van der Waals surface area contributed by atoms with Crippen molar-refractivity contribution in [1.29, 1.82) is 0 Å². The molecule has 1 N–H and O–H groups in total. The van der Waals surface area contributed by atoms with E-state index in [0.717, 1.165) is 10.2 Å². The highest BCUT2D eigenvalue weighted by molar-refractivity contribution is 9.10. The van der Waals surface area contributed by atoms with Gasteiger partial charge < -0.3 is 10.1 Å². The summed E-state index contributed by atoms with van der Waals surface area (Å²) in [6, 6.07) is 5.46. The first-order valence-electron chi connectivity index (χ1n) is 5.08. The van der Waals surface area contributed by atoms with Crippen LogP contribution >= 0.6 is 27.5 Å². The van der Waals surface area contributed by atoms with Crippen LogP contribution in [0.1, 0.15) is 6.92 Å². The highest BCUT2D eigenvalue weighted by Crippen LogP contribution is 2.25. The molecule has 5 heteroatoms. The Morgan fingerprint density at radius 2 is 2.29 bits per heavy atom. The zero-order chi connectivity index (χ0) is 12.8. The number of halogens is 2. The zero-order valence-electron chi connectivity index (χ0n) is 9.43. The fraction of sp³-hybridized carbons (Fsp3) is 0.250. The lowest BCUT2D eigenvalue weighted by Crippen LogP contribution is -2.14. The minimum atomic E-state index is -0.395. The van der Waals surface area contributed by atoms with Crippen molar-refractivity contribution in [3.05, 3.63) is 39.8 Å². The van der Waals surface area contributed by atoms with Gasteiger partial charge in [0.1, 0.15) is 0 Å². The third kappa shape index (κ3) is 4.40. The van der Waals surface area contributed by atoms with Gasteiger partial charge in [0, 0.05) is 16.6 Å². The number of hydrogen-bond donors (Lipinski definition) is 1. The fourth-order valence-electron chi connectivity index (χ4n) is 1.14. The quantitative estimate of drug-likeness (QED) is 0.665. The van der Waals surface area contributed by atoms with E-state index in [2.05, 4.69) is 27.8 Å². The Hall–Kier alpha value is -1.00. The summed E-state index contributed by atoms with van der Waals surface area (Å²) in [4.78, 5) is 11.3. The van der Waals surface area contributed by atoms with Crippen molar-refractivity contribution >= 4 is 39.2 Å². The maximum Gasteiger partial charge on any atom is 0.335 e. The molecule has 0 unspecified atom stereocenters. The standard InChI is InChI=1S/C12H13BrClNO2/c1-3-17-12(16)8(2)7-15-11-5-4-9(13)6-10(11)14/h4-6,15H,2-3,7H2,1H3. The Morgan fingerprint density at radius 1 is 1.59 bits per heavy atom. The largest absolute Gasteiger partial charge is 0.463 e. The van der Waals surface area contributed by atoms with Crippen LogP contribution in [0.25, 0.3) is 0 Å². The molecule has 3 nitrogen and oxygen atoms in total. The van der Waals surface area contributed by atoms with Crippen molar-refractivity contribution in [3.8, 4) is 0 Å². The first kappa shape index (κ1) is 14.1. The number of benzene rings is 1. The van der Waals surface area contributed by atoms with Crippen molar-refractivity contribution in [2.45, 2.75) is 6.92 Å². The summed E-state index contributed by atoms with van der Waals surface area (Å²) in [7, 11) is 0. The van der Waals surface area contributed by atoms with Gasteiger partial charge in [0.15, 0.2) is 0 Å². The lowest BCUT2D eigenvalue weighted by Gasteiger charge is -2.10. The molecule has 1 rings (SSSR count). The van der Waals surface area contributed by atoms with Gasteiger partial charge in [-0.25, -0.2) is 4.79 Å². The third-order valence-electron chi connectivity index (χ3n) is 1.99. The third-order valence-corrected chi connectivity index (χ3v) is 2.79. The van der Waals surface area contributed by atoms with Crippen molar-refractivity contribution in [2.24, 2.45) is 0 Å². The van der Waals surface area contributed by atoms with Gasteiger partial charge in [-0.1, -0.05) is 34.1 Å². The number of ether oxygens (including phenoxy) is 1. The normalized spacial score (nSPS) is 9.82. The van der Waals surface area contributed by atoms with E-state index in [1.807, 2.05) is 12.1 Å². The second kappa shape index (κ2) is 6.67. The van der Waals surface area contributed by atoms with Crippen LogP contribution in [0, 0.1) is 0 Å². The highest BCUT2D eigenvalue weighted by atomic mass is 79.9. The van der Waals surface area contributed by atoms with E-state index < -0.39 is 5.97 Å². The molecule has 0 atom stereocenters. The Morgan fingerprint density at radius 3 is 2.88 bits per heavy atom. The molecule has 0 saturated heterocycles. The van der Waals surface area contributed by atoms with Crippen LogP contribution in [0.15, 0.2) is 34.8 Å². The molecule has 0 bridgehead atoms. The number of esters is 1. The van der Waals surface area contributed by atoms with Gasteiger partial charge in [-0.3, -0.25) is 0 Å². The number of carbonyl (C=O) groups is 1. The van der Waals surface area contributed by atoms with Gasteiger partial charge in [0.25, 0.3) is 0 Å². The number of carbonyl (C=O) groups excluding carboxylic acids is 1. The Balaban J connectivity index is 2.56. The van der Waals surface area contributed by atoms with Crippen LogP contribution in [-0.4, -0.2) is 19.1 Å². The first-order valence-corrected chi connectivity index (χ1v) is 6.25. The van der Waals surface area contributed by atoms with E-state index in [0.29, 0.717) is 23.7 Å². The van der Waals surface area contributed by atoms with Crippen molar-refractivity contribution < 1.29 is 9.53 Å². The van der Waals surface area contributed by atoms with Gasteiger partial charge in [-0.15, -0.1) is 0 Å². The smallest absolute Gasteiger partial charge is 0.335 e. The van der Waals surface area contributed by atoms with Crippen molar-refractivity contribution in [3.63, 3.8) is 0 Å². The summed E-state index contributed by atoms with van der Waals surface area (Å²) in [6.07, 6.45) is 0. The highest BCUT2D eigenvalue weighted by Gasteiger charge is 2.08. The Kier molecular flexibility index (Phi) is 5.51. The van der Waals surface area contributed by atoms with Crippen LogP contribution in [0.5, 0.6) is 0 Å². The molecule has 0 aliphatic heterocycles. The molecule has 0 spiro atoms. The van der Waals surface area contributed by atoms with E-state index in [-0.39, 0.29) is 0 Å². The summed E-state index contributed by atoms with van der Waals surface area (Å²) in [5, 5.41) is 3.61. The number of hydrogen-bond acceptors (Lipinski definition) is 3. The topological polar surface area (TPSA) is 38.3 Å². The van der Waals surface area contributed by atoms with Crippen LogP contribution in [0.4, 0.5) is 5.69 Å². The van der Waals surface area contributed by atoms with Gasteiger partial charge in [-0.05, 0) is 25.1 Å².